The van der Waals surface area contributed by atoms with Crippen LogP contribution in [0.1, 0.15) is 42.5 Å². The molecule has 3 atom stereocenters. The molecule has 0 N–H and O–H groups in total. The quantitative estimate of drug-likeness (QED) is 0.531. The maximum atomic E-state index is 6.15. The molecule has 4 heterocycles. The van der Waals surface area contributed by atoms with Gasteiger partial charge in [-0.15, -0.1) is 0 Å². The highest BCUT2D eigenvalue weighted by atomic mass is 35.5. The van der Waals surface area contributed by atoms with Crippen LogP contribution in [0.3, 0.4) is 0 Å². The Balaban J connectivity index is 1.65. The molecular weight excluding hydrogens is 400 g/mol. The number of thioether (sulfide) groups is 1. The lowest BCUT2D eigenvalue weighted by atomic mass is 9.99. The third-order valence-electron chi connectivity index (χ3n) is 5.82. The van der Waals surface area contributed by atoms with Gasteiger partial charge in [-0.25, -0.2) is 0 Å². The van der Waals surface area contributed by atoms with Gasteiger partial charge in [0.2, 0.25) is 0 Å². The predicted molar refractivity (Wildman–Crippen MR) is 121 cm³/mol. The summed E-state index contributed by atoms with van der Waals surface area (Å²) < 4.78 is 2.34. The molecule has 0 bridgehead atoms. The Morgan fingerprint density at radius 3 is 2.66 bits per heavy atom. The standard InChI is InChI=1S/C23H23ClN4S/c1-3-17-14-29-23-26-21(19-6-4-5-13-25-19)22(28(17)23)20-12-7-15(2)27(20)18-10-8-16(24)9-11-18/h4-13,17,21-22H,3,14H2,1-2H3/t17-,21-,22+/m1/s1. The smallest absolute Gasteiger partial charge is 0.160 e. The number of amidine groups is 1. The van der Waals surface area contributed by atoms with Crippen molar-refractivity contribution in [2.45, 2.75) is 38.4 Å². The number of halogens is 1. The summed E-state index contributed by atoms with van der Waals surface area (Å²) in [7, 11) is 0. The summed E-state index contributed by atoms with van der Waals surface area (Å²) in [5.41, 5.74) is 4.60. The molecule has 4 nitrogen and oxygen atoms in total. The van der Waals surface area contributed by atoms with E-state index in [1.165, 1.54) is 11.4 Å². The van der Waals surface area contributed by atoms with E-state index >= 15 is 0 Å². The number of hydrogen-bond donors (Lipinski definition) is 0. The summed E-state index contributed by atoms with van der Waals surface area (Å²) in [6, 6.07) is 19.2. The van der Waals surface area contributed by atoms with Crippen LogP contribution >= 0.6 is 23.4 Å². The molecule has 5 rings (SSSR count). The third-order valence-corrected chi connectivity index (χ3v) is 7.20. The Hall–Kier alpha value is -2.24. The zero-order valence-corrected chi connectivity index (χ0v) is 18.1. The van der Waals surface area contributed by atoms with Crippen LogP contribution in [0, 0.1) is 6.92 Å². The first-order valence-electron chi connectivity index (χ1n) is 10.0. The van der Waals surface area contributed by atoms with Crippen LogP contribution in [-0.2, 0) is 0 Å². The maximum Gasteiger partial charge on any atom is 0.160 e. The van der Waals surface area contributed by atoms with Crippen LogP contribution in [0.15, 0.2) is 65.8 Å². The number of rotatable bonds is 4. The normalized spacial score (nSPS) is 23.3. The zero-order valence-electron chi connectivity index (χ0n) is 16.5. The van der Waals surface area contributed by atoms with Crippen molar-refractivity contribution < 1.29 is 0 Å². The van der Waals surface area contributed by atoms with E-state index in [0.29, 0.717) is 6.04 Å². The average molecular weight is 423 g/mol. The summed E-state index contributed by atoms with van der Waals surface area (Å²) in [6.45, 7) is 4.42. The number of benzene rings is 1. The molecule has 1 fully saturated rings. The van der Waals surface area contributed by atoms with Crippen molar-refractivity contribution in [3.8, 4) is 5.69 Å². The van der Waals surface area contributed by atoms with Gasteiger partial charge in [-0.2, -0.15) is 0 Å². The Kier molecular flexibility index (Phi) is 4.88. The Bertz CT molecular complexity index is 1040. The minimum absolute atomic E-state index is 0.00611. The summed E-state index contributed by atoms with van der Waals surface area (Å²) in [4.78, 5) is 12.3. The zero-order chi connectivity index (χ0) is 20.0. The monoisotopic (exact) mass is 422 g/mol. The Labute approximate surface area is 180 Å². The van der Waals surface area contributed by atoms with E-state index < -0.39 is 0 Å². The minimum Gasteiger partial charge on any atom is -0.337 e. The summed E-state index contributed by atoms with van der Waals surface area (Å²) >= 11 is 8.02. The SMILES string of the molecule is CC[C@@H]1CSC2=N[C@H](c3ccccn3)[C@H](c3ccc(C)n3-c3ccc(Cl)cc3)N21. The van der Waals surface area contributed by atoms with Crippen molar-refractivity contribution in [2.24, 2.45) is 4.99 Å². The molecule has 2 aromatic heterocycles. The van der Waals surface area contributed by atoms with Crippen LogP contribution in [0.5, 0.6) is 0 Å². The van der Waals surface area contributed by atoms with E-state index in [2.05, 4.69) is 64.7 Å². The molecule has 6 heteroatoms. The van der Waals surface area contributed by atoms with Gasteiger partial charge in [0.15, 0.2) is 5.17 Å². The van der Waals surface area contributed by atoms with E-state index in [4.69, 9.17) is 16.6 Å². The molecule has 0 radical (unpaired) electrons. The molecule has 0 saturated carbocycles. The molecule has 0 amide bonds. The van der Waals surface area contributed by atoms with Crippen molar-refractivity contribution in [1.82, 2.24) is 14.5 Å². The number of fused-ring (bicyclic) bond motifs is 1. The molecule has 0 aliphatic carbocycles. The lowest BCUT2D eigenvalue weighted by Gasteiger charge is -2.32. The number of pyridine rings is 1. The fourth-order valence-electron chi connectivity index (χ4n) is 4.40. The van der Waals surface area contributed by atoms with Crippen LogP contribution in [0.2, 0.25) is 5.02 Å². The highest BCUT2D eigenvalue weighted by Gasteiger charge is 2.46. The molecular formula is C23H23ClN4S. The molecule has 2 aliphatic heterocycles. The first-order chi connectivity index (χ1) is 14.2. The number of aryl methyl sites for hydroxylation is 1. The molecule has 0 unspecified atom stereocenters. The number of nitrogens with zero attached hydrogens (tertiary/aromatic N) is 4. The largest absolute Gasteiger partial charge is 0.337 e. The molecule has 1 aromatic carbocycles. The predicted octanol–water partition coefficient (Wildman–Crippen LogP) is 5.81. The van der Waals surface area contributed by atoms with Crippen molar-refractivity contribution in [3.05, 3.63) is 82.9 Å². The number of aliphatic imine (C=N–C) groups is 1. The van der Waals surface area contributed by atoms with Crippen molar-refractivity contribution in [2.75, 3.05) is 5.75 Å². The minimum atomic E-state index is -0.00611. The lowest BCUT2D eigenvalue weighted by Crippen LogP contribution is -2.36. The molecule has 29 heavy (non-hydrogen) atoms. The topological polar surface area (TPSA) is 33.4 Å². The van der Waals surface area contributed by atoms with E-state index in [-0.39, 0.29) is 12.1 Å². The van der Waals surface area contributed by atoms with Crippen molar-refractivity contribution in [1.29, 1.82) is 0 Å². The van der Waals surface area contributed by atoms with Crippen molar-refractivity contribution in [3.63, 3.8) is 0 Å². The first-order valence-corrected chi connectivity index (χ1v) is 11.4. The van der Waals surface area contributed by atoms with Gasteiger partial charge in [-0.05, 0) is 61.9 Å². The highest BCUT2D eigenvalue weighted by molar-refractivity contribution is 8.14. The van der Waals surface area contributed by atoms with E-state index in [0.717, 1.165) is 33.7 Å². The third kappa shape index (κ3) is 3.17. The fraction of sp³-hybridized carbons (Fsp3) is 0.304. The van der Waals surface area contributed by atoms with Gasteiger partial charge in [-0.1, -0.05) is 36.4 Å². The van der Waals surface area contributed by atoms with E-state index in [9.17, 15) is 0 Å². The maximum absolute atomic E-state index is 6.15. The fourth-order valence-corrected chi connectivity index (χ4v) is 5.87. The van der Waals surface area contributed by atoms with Gasteiger partial charge in [0, 0.05) is 40.1 Å². The van der Waals surface area contributed by atoms with Crippen molar-refractivity contribution >= 4 is 28.5 Å². The number of aromatic nitrogens is 2. The molecule has 2 aliphatic rings. The van der Waals surface area contributed by atoms with E-state index in [1.807, 2.05) is 36.2 Å². The van der Waals surface area contributed by atoms with Gasteiger partial charge < -0.3 is 9.47 Å². The van der Waals surface area contributed by atoms with Crippen LogP contribution < -0.4 is 0 Å². The highest BCUT2D eigenvalue weighted by Crippen LogP contribution is 2.49. The first kappa shape index (κ1) is 18.8. The van der Waals surface area contributed by atoms with Gasteiger partial charge >= 0.3 is 0 Å². The molecule has 0 spiro atoms. The molecule has 148 valence electrons. The Morgan fingerprint density at radius 1 is 1.10 bits per heavy atom. The van der Waals surface area contributed by atoms with Crippen LogP contribution in [0.4, 0.5) is 0 Å². The van der Waals surface area contributed by atoms with Gasteiger partial charge in [0.25, 0.3) is 0 Å². The second-order valence-corrected chi connectivity index (χ2v) is 8.97. The second-order valence-electron chi connectivity index (χ2n) is 7.55. The Morgan fingerprint density at radius 2 is 1.93 bits per heavy atom. The summed E-state index contributed by atoms with van der Waals surface area (Å²) in [5, 5.41) is 1.90. The van der Waals surface area contributed by atoms with Gasteiger partial charge in [0.05, 0.1) is 5.69 Å². The van der Waals surface area contributed by atoms with Gasteiger partial charge in [0.1, 0.15) is 12.1 Å². The van der Waals surface area contributed by atoms with E-state index in [1.54, 1.807) is 0 Å². The van der Waals surface area contributed by atoms with Gasteiger partial charge in [-0.3, -0.25) is 9.98 Å². The number of hydrogen-bond acceptors (Lipinski definition) is 4. The average Bonchev–Trinajstić information content (AvgIpc) is 3.42. The second kappa shape index (κ2) is 7.54. The lowest BCUT2D eigenvalue weighted by molar-refractivity contribution is 0.248. The molecule has 1 saturated heterocycles. The molecule has 3 aromatic rings. The van der Waals surface area contributed by atoms with Crippen LogP contribution in [0.25, 0.3) is 5.69 Å². The summed E-state index contributed by atoms with van der Waals surface area (Å²) in [5.74, 6) is 1.10. The summed E-state index contributed by atoms with van der Waals surface area (Å²) in [6.07, 6.45) is 2.97. The van der Waals surface area contributed by atoms with Crippen LogP contribution in [-0.4, -0.2) is 31.4 Å².